The Bertz CT molecular complexity index is 737. The highest BCUT2D eigenvalue weighted by Crippen LogP contribution is 2.43. The Kier molecular flexibility index (Phi) is 4.00. The number of nitrogens with zero attached hydrogens (tertiary/aromatic N) is 1. The Morgan fingerprint density at radius 2 is 1.65 bits per heavy atom. The lowest BCUT2D eigenvalue weighted by Gasteiger charge is -2.30. The third kappa shape index (κ3) is 2.84. The van der Waals surface area contributed by atoms with E-state index in [1.54, 1.807) is 5.57 Å². The lowest BCUT2D eigenvalue weighted by Crippen LogP contribution is -2.31. The SMILES string of the molecule is CN1CCC(C2=C(c3ccc(Cl)cc3)c3ccccc3C2)CC1. The zero-order chi connectivity index (χ0) is 15.8. The van der Waals surface area contributed by atoms with E-state index in [4.69, 9.17) is 11.6 Å². The summed E-state index contributed by atoms with van der Waals surface area (Å²) in [5.41, 5.74) is 7.32. The molecule has 0 aromatic heterocycles. The second-order valence-electron chi connectivity index (χ2n) is 6.82. The zero-order valence-corrected chi connectivity index (χ0v) is 14.3. The van der Waals surface area contributed by atoms with Gasteiger partial charge in [0.05, 0.1) is 0 Å². The Hall–Kier alpha value is -1.57. The minimum atomic E-state index is 0.712. The highest BCUT2D eigenvalue weighted by molar-refractivity contribution is 6.30. The summed E-state index contributed by atoms with van der Waals surface area (Å²) in [6.07, 6.45) is 3.66. The van der Waals surface area contributed by atoms with Crippen molar-refractivity contribution in [2.24, 2.45) is 5.92 Å². The summed E-state index contributed by atoms with van der Waals surface area (Å²) in [6, 6.07) is 17.3. The maximum atomic E-state index is 6.10. The molecular formula is C21H22ClN. The van der Waals surface area contributed by atoms with Crippen LogP contribution in [0.1, 0.15) is 29.5 Å². The van der Waals surface area contributed by atoms with Gasteiger partial charge in [0.2, 0.25) is 0 Å². The molecule has 23 heavy (non-hydrogen) atoms. The van der Waals surface area contributed by atoms with Crippen LogP contribution < -0.4 is 0 Å². The normalized spacial score (nSPS) is 19.2. The van der Waals surface area contributed by atoms with Crippen LogP contribution in [-0.4, -0.2) is 25.0 Å². The molecule has 0 amide bonds. The monoisotopic (exact) mass is 323 g/mol. The van der Waals surface area contributed by atoms with Crippen molar-refractivity contribution in [2.75, 3.05) is 20.1 Å². The van der Waals surface area contributed by atoms with Gasteiger partial charge in [0.25, 0.3) is 0 Å². The fourth-order valence-electron chi connectivity index (χ4n) is 4.05. The second-order valence-corrected chi connectivity index (χ2v) is 7.26. The van der Waals surface area contributed by atoms with E-state index in [9.17, 15) is 0 Å². The van der Waals surface area contributed by atoms with Crippen molar-refractivity contribution in [1.82, 2.24) is 4.90 Å². The number of piperidine rings is 1. The van der Waals surface area contributed by atoms with Gasteiger partial charge in [0, 0.05) is 5.02 Å². The molecule has 0 atom stereocenters. The quantitative estimate of drug-likeness (QED) is 0.748. The Morgan fingerprint density at radius 3 is 2.39 bits per heavy atom. The maximum Gasteiger partial charge on any atom is 0.0406 e. The molecule has 4 rings (SSSR count). The Morgan fingerprint density at radius 1 is 0.957 bits per heavy atom. The average Bonchev–Trinajstić information content (AvgIpc) is 2.96. The lowest BCUT2D eigenvalue weighted by molar-refractivity contribution is 0.237. The van der Waals surface area contributed by atoms with Crippen LogP contribution in [0.2, 0.25) is 5.02 Å². The van der Waals surface area contributed by atoms with Crippen molar-refractivity contribution in [2.45, 2.75) is 19.3 Å². The van der Waals surface area contributed by atoms with Crippen LogP contribution in [0.15, 0.2) is 54.1 Å². The zero-order valence-electron chi connectivity index (χ0n) is 13.6. The van der Waals surface area contributed by atoms with E-state index in [1.807, 2.05) is 12.1 Å². The van der Waals surface area contributed by atoms with Gasteiger partial charge in [-0.2, -0.15) is 0 Å². The van der Waals surface area contributed by atoms with Gasteiger partial charge < -0.3 is 4.90 Å². The van der Waals surface area contributed by atoms with Gasteiger partial charge in [0.15, 0.2) is 0 Å². The minimum Gasteiger partial charge on any atom is -0.306 e. The highest BCUT2D eigenvalue weighted by Gasteiger charge is 2.29. The number of benzene rings is 2. The van der Waals surface area contributed by atoms with E-state index >= 15 is 0 Å². The molecule has 0 N–H and O–H groups in total. The van der Waals surface area contributed by atoms with Gasteiger partial charge in [-0.25, -0.2) is 0 Å². The first-order valence-corrected chi connectivity index (χ1v) is 8.86. The molecule has 1 saturated heterocycles. The van der Waals surface area contributed by atoms with Gasteiger partial charge in [-0.15, -0.1) is 0 Å². The molecule has 0 bridgehead atoms. The van der Waals surface area contributed by atoms with Crippen molar-refractivity contribution >= 4 is 17.2 Å². The van der Waals surface area contributed by atoms with Crippen LogP contribution in [0.3, 0.4) is 0 Å². The Labute approximate surface area is 143 Å². The summed E-state index contributed by atoms with van der Waals surface area (Å²) in [7, 11) is 2.23. The largest absolute Gasteiger partial charge is 0.306 e. The molecule has 2 heteroatoms. The molecule has 0 unspecified atom stereocenters. The summed E-state index contributed by atoms with van der Waals surface area (Å²) >= 11 is 6.10. The second kappa shape index (κ2) is 6.14. The molecule has 0 radical (unpaired) electrons. The molecule has 1 nitrogen and oxygen atoms in total. The van der Waals surface area contributed by atoms with Crippen molar-refractivity contribution in [1.29, 1.82) is 0 Å². The van der Waals surface area contributed by atoms with Gasteiger partial charge in [-0.1, -0.05) is 53.6 Å². The van der Waals surface area contributed by atoms with Crippen molar-refractivity contribution in [3.05, 3.63) is 75.8 Å². The molecule has 2 aromatic rings. The first kappa shape index (κ1) is 15.0. The number of likely N-dealkylation sites (tertiary alicyclic amines) is 1. The lowest BCUT2D eigenvalue weighted by atomic mass is 9.84. The molecule has 2 aliphatic rings. The molecule has 2 aromatic carbocycles. The predicted molar refractivity (Wildman–Crippen MR) is 97.8 cm³/mol. The standard InChI is InChI=1S/C21H22ClN/c1-23-12-10-15(11-13-23)20-14-17-4-2-3-5-19(17)21(20)16-6-8-18(22)9-7-16/h2-9,15H,10-14H2,1H3. The number of fused-ring (bicyclic) bond motifs is 1. The van der Waals surface area contributed by atoms with E-state index in [0.29, 0.717) is 5.92 Å². The number of allylic oxidation sites excluding steroid dienone is 1. The van der Waals surface area contributed by atoms with E-state index in [-0.39, 0.29) is 0 Å². The third-order valence-electron chi connectivity index (χ3n) is 5.33. The Balaban J connectivity index is 1.79. The number of hydrogen-bond acceptors (Lipinski definition) is 1. The van der Waals surface area contributed by atoms with Crippen LogP contribution in [0, 0.1) is 5.92 Å². The van der Waals surface area contributed by atoms with Crippen LogP contribution in [0.5, 0.6) is 0 Å². The van der Waals surface area contributed by atoms with E-state index in [2.05, 4.69) is 48.3 Å². The number of halogens is 1. The summed E-state index contributed by atoms with van der Waals surface area (Å²) < 4.78 is 0. The summed E-state index contributed by atoms with van der Waals surface area (Å²) in [5, 5.41) is 0.807. The molecule has 0 spiro atoms. The maximum absolute atomic E-state index is 6.10. The van der Waals surface area contributed by atoms with E-state index in [1.165, 1.54) is 48.2 Å². The van der Waals surface area contributed by atoms with Crippen molar-refractivity contribution in [3.63, 3.8) is 0 Å². The fraction of sp³-hybridized carbons (Fsp3) is 0.333. The van der Waals surface area contributed by atoms with Crippen LogP contribution >= 0.6 is 11.6 Å². The minimum absolute atomic E-state index is 0.712. The summed E-state index contributed by atoms with van der Waals surface area (Å²) in [4.78, 5) is 2.45. The molecule has 1 aliphatic carbocycles. The van der Waals surface area contributed by atoms with Crippen LogP contribution in [-0.2, 0) is 6.42 Å². The van der Waals surface area contributed by atoms with Crippen molar-refractivity contribution < 1.29 is 0 Å². The molecule has 118 valence electrons. The van der Waals surface area contributed by atoms with Crippen LogP contribution in [0.4, 0.5) is 0 Å². The van der Waals surface area contributed by atoms with E-state index < -0.39 is 0 Å². The molecule has 1 aliphatic heterocycles. The van der Waals surface area contributed by atoms with Gasteiger partial charge in [-0.05, 0) is 79.7 Å². The first-order valence-electron chi connectivity index (χ1n) is 8.48. The number of hydrogen-bond donors (Lipinski definition) is 0. The topological polar surface area (TPSA) is 3.24 Å². The molecule has 1 heterocycles. The molecular weight excluding hydrogens is 302 g/mol. The van der Waals surface area contributed by atoms with E-state index in [0.717, 1.165) is 11.4 Å². The van der Waals surface area contributed by atoms with Gasteiger partial charge in [0.1, 0.15) is 0 Å². The first-order chi connectivity index (χ1) is 11.2. The fourth-order valence-corrected chi connectivity index (χ4v) is 4.17. The molecule has 1 fully saturated rings. The van der Waals surface area contributed by atoms with Crippen LogP contribution in [0.25, 0.3) is 5.57 Å². The summed E-state index contributed by atoms with van der Waals surface area (Å²) in [5.74, 6) is 0.712. The average molecular weight is 324 g/mol. The molecule has 0 saturated carbocycles. The highest BCUT2D eigenvalue weighted by atomic mass is 35.5. The summed E-state index contributed by atoms with van der Waals surface area (Å²) in [6.45, 7) is 2.41. The van der Waals surface area contributed by atoms with Gasteiger partial charge in [-0.3, -0.25) is 0 Å². The smallest absolute Gasteiger partial charge is 0.0406 e. The predicted octanol–water partition coefficient (Wildman–Crippen LogP) is 5.04. The van der Waals surface area contributed by atoms with Gasteiger partial charge >= 0.3 is 0 Å². The van der Waals surface area contributed by atoms with Crippen molar-refractivity contribution in [3.8, 4) is 0 Å². The number of rotatable bonds is 2. The third-order valence-corrected chi connectivity index (χ3v) is 5.58.